The molecular weight excluding hydrogens is 324 g/mol. The first-order chi connectivity index (χ1) is 12.8. The number of nitrogens with zero attached hydrogens (tertiary/aromatic N) is 2. The third kappa shape index (κ3) is 4.22. The zero-order valence-corrected chi connectivity index (χ0v) is 15.9. The van der Waals surface area contributed by atoms with Crippen LogP contribution in [0.1, 0.15) is 56.1 Å². The summed E-state index contributed by atoms with van der Waals surface area (Å²) in [5, 5.41) is 0. The summed E-state index contributed by atoms with van der Waals surface area (Å²) in [6, 6.07) is 6.44. The number of benzene rings is 1. The molecule has 4 heteroatoms. The Labute approximate surface area is 157 Å². The maximum Gasteiger partial charge on any atom is 0.225 e. The number of ether oxygens (including phenoxy) is 1. The smallest absolute Gasteiger partial charge is 0.225 e. The second kappa shape index (κ2) is 8.43. The van der Waals surface area contributed by atoms with Crippen molar-refractivity contribution in [2.45, 2.75) is 57.9 Å². The van der Waals surface area contributed by atoms with Crippen LogP contribution < -0.4 is 4.74 Å². The van der Waals surface area contributed by atoms with Gasteiger partial charge in [0, 0.05) is 25.6 Å². The molecule has 0 radical (unpaired) electrons. The highest BCUT2D eigenvalue weighted by Crippen LogP contribution is 2.31. The second-order valence-electron chi connectivity index (χ2n) is 8.17. The first-order valence-corrected chi connectivity index (χ1v) is 10.6. The number of hydrogen-bond acceptors (Lipinski definition) is 3. The van der Waals surface area contributed by atoms with E-state index < -0.39 is 0 Å². The summed E-state index contributed by atoms with van der Waals surface area (Å²) in [5.74, 6) is 1.67. The molecule has 1 saturated carbocycles. The van der Waals surface area contributed by atoms with Gasteiger partial charge in [-0.05, 0) is 74.9 Å². The first-order valence-electron chi connectivity index (χ1n) is 10.6. The summed E-state index contributed by atoms with van der Waals surface area (Å²) in [7, 11) is 0. The molecule has 26 heavy (non-hydrogen) atoms. The summed E-state index contributed by atoms with van der Waals surface area (Å²) in [6.45, 7) is 6.11. The van der Waals surface area contributed by atoms with E-state index in [4.69, 9.17) is 4.74 Å². The van der Waals surface area contributed by atoms with Crippen molar-refractivity contribution >= 4 is 5.91 Å². The highest BCUT2D eigenvalue weighted by atomic mass is 16.5. The maximum absolute atomic E-state index is 12.5. The normalized spacial score (nSPS) is 21.2. The van der Waals surface area contributed by atoms with Gasteiger partial charge in [-0.3, -0.25) is 4.79 Å². The lowest BCUT2D eigenvalue weighted by Gasteiger charge is -2.35. The predicted molar refractivity (Wildman–Crippen MR) is 103 cm³/mol. The van der Waals surface area contributed by atoms with Crippen molar-refractivity contribution in [3.63, 3.8) is 0 Å². The number of likely N-dealkylation sites (tertiary alicyclic amines) is 1. The number of carbonyl (C=O) groups is 1. The minimum absolute atomic E-state index is 0.305. The Kier molecular flexibility index (Phi) is 5.78. The Hall–Kier alpha value is -1.55. The maximum atomic E-state index is 12.5. The molecule has 1 aromatic rings. The Morgan fingerprint density at radius 3 is 2.65 bits per heavy atom. The van der Waals surface area contributed by atoms with E-state index in [1.807, 2.05) is 0 Å². The molecule has 1 aliphatic carbocycles. The van der Waals surface area contributed by atoms with Crippen LogP contribution in [0.2, 0.25) is 0 Å². The van der Waals surface area contributed by atoms with Gasteiger partial charge in [-0.25, -0.2) is 0 Å². The van der Waals surface area contributed by atoms with Gasteiger partial charge in [-0.15, -0.1) is 0 Å². The minimum Gasteiger partial charge on any atom is -0.494 e. The van der Waals surface area contributed by atoms with Crippen LogP contribution in [0.5, 0.6) is 5.75 Å². The van der Waals surface area contributed by atoms with Gasteiger partial charge in [-0.1, -0.05) is 18.9 Å². The van der Waals surface area contributed by atoms with Crippen LogP contribution in [0.25, 0.3) is 0 Å². The summed E-state index contributed by atoms with van der Waals surface area (Å²) < 4.78 is 5.99. The largest absolute Gasteiger partial charge is 0.494 e. The molecule has 0 unspecified atom stereocenters. The monoisotopic (exact) mass is 356 g/mol. The van der Waals surface area contributed by atoms with Gasteiger partial charge < -0.3 is 14.5 Å². The summed E-state index contributed by atoms with van der Waals surface area (Å²) >= 11 is 0. The molecule has 2 aliphatic heterocycles. The first kappa shape index (κ1) is 17.8. The SMILES string of the molecule is O=C(C1CCC1)N1CCc2cc(OCCCN3CCCCC3)ccc2C1. The quantitative estimate of drug-likeness (QED) is 0.730. The van der Waals surface area contributed by atoms with Gasteiger partial charge in [0.25, 0.3) is 0 Å². The topological polar surface area (TPSA) is 32.8 Å². The molecule has 1 aromatic carbocycles. The number of fused-ring (bicyclic) bond motifs is 1. The van der Waals surface area contributed by atoms with Crippen LogP contribution in [0.15, 0.2) is 18.2 Å². The van der Waals surface area contributed by atoms with Crippen LogP contribution in [0, 0.1) is 5.92 Å². The number of rotatable bonds is 6. The summed E-state index contributed by atoms with van der Waals surface area (Å²) in [6.07, 6.45) is 9.56. The molecule has 2 fully saturated rings. The van der Waals surface area contributed by atoms with E-state index in [0.29, 0.717) is 11.8 Å². The average molecular weight is 357 g/mol. The van der Waals surface area contributed by atoms with E-state index in [9.17, 15) is 4.79 Å². The fraction of sp³-hybridized carbons (Fsp3) is 0.682. The summed E-state index contributed by atoms with van der Waals surface area (Å²) in [5.41, 5.74) is 2.65. The molecule has 0 atom stereocenters. The number of piperidine rings is 1. The van der Waals surface area contributed by atoms with E-state index in [1.165, 1.54) is 49.9 Å². The number of amides is 1. The molecule has 2 heterocycles. The van der Waals surface area contributed by atoms with Crippen molar-refractivity contribution in [1.29, 1.82) is 0 Å². The van der Waals surface area contributed by atoms with Crippen molar-refractivity contribution in [3.8, 4) is 5.75 Å². The Bertz CT molecular complexity index is 621. The zero-order chi connectivity index (χ0) is 17.8. The third-order valence-corrected chi connectivity index (χ3v) is 6.29. The van der Waals surface area contributed by atoms with Crippen molar-refractivity contribution < 1.29 is 9.53 Å². The van der Waals surface area contributed by atoms with Crippen LogP contribution >= 0.6 is 0 Å². The lowest BCUT2D eigenvalue weighted by molar-refractivity contribution is -0.139. The lowest BCUT2D eigenvalue weighted by atomic mass is 9.84. The van der Waals surface area contributed by atoms with Crippen molar-refractivity contribution in [2.75, 3.05) is 32.8 Å². The summed E-state index contributed by atoms with van der Waals surface area (Å²) in [4.78, 5) is 17.1. The van der Waals surface area contributed by atoms with Crippen LogP contribution in [0.4, 0.5) is 0 Å². The fourth-order valence-corrected chi connectivity index (χ4v) is 4.38. The van der Waals surface area contributed by atoms with Crippen molar-refractivity contribution in [2.24, 2.45) is 5.92 Å². The Morgan fingerprint density at radius 1 is 1.04 bits per heavy atom. The lowest BCUT2D eigenvalue weighted by Crippen LogP contribution is -2.41. The molecule has 0 spiro atoms. The van der Waals surface area contributed by atoms with Gasteiger partial charge in [0.15, 0.2) is 0 Å². The van der Waals surface area contributed by atoms with Crippen LogP contribution in [-0.4, -0.2) is 48.5 Å². The highest BCUT2D eigenvalue weighted by Gasteiger charge is 2.31. The van der Waals surface area contributed by atoms with Gasteiger partial charge in [0.05, 0.1) is 6.61 Å². The Balaban J connectivity index is 1.24. The average Bonchev–Trinajstić information content (AvgIpc) is 2.64. The van der Waals surface area contributed by atoms with Crippen molar-refractivity contribution in [1.82, 2.24) is 9.80 Å². The number of hydrogen-bond donors (Lipinski definition) is 0. The predicted octanol–water partition coefficient (Wildman–Crippen LogP) is 3.63. The molecule has 4 rings (SSSR count). The van der Waals surface area contributed by atoms with E-state index in [-0.39, 0.29) is 0 Å². The molecule has 0 bridgehead atoms. The van der Waals surface area contributed by atoms with E-state index >= 15 is 0 Å². The van der Waals surface area contributed by atoms with Crippen LogP contribution in [-0.2, 0) is 17.8 Å². The molecule has 1 saturated heterocycles. The number of carbonyl (C=O) groups excluding carboxylic acids is 1. The molecule has 0 aromatic heterocycles. The van der Waals surface area contributed by atoms with Gasteiger partial charge in [-0.2, -0.15) is 0 Å². The third-order valence-electron chi connectivity index (χ3n) is 6.29. The molecule has 142 valence electrons. The molecule has 0 N–H and O–H groups in total. The van der Waals surface area contributed by atoms with Crippen LogP contribution in [0.3, 0.4) is 0 Å². The standard InChI is InChI=1S/C22H32N2O2/c25-22(18-6-4-7-18)24-14-10-19-16-21(9-8-20(19)17-24)26-15-5-13-23-11-2-1-3-12-23/h8-9,16,18H,1-7,10-15,17H2. The fourth-order valence-electron chi connectivity index (χ4n) is 4.38. The van der Waals surface area contributed by atoms with Gasteiger partial charge >= 0.3 is 0 Å². The molecule has 3 aliphatic rings. The second-order valence-corrected chi connectivity index (χ2v) is 8.17. The van der Waals surface area contributed by atoms with E-state index in [0.717, 1.165) is 57.7 Å². The van der Waals surface area contributed by atoms with E-state index in [1.54, 1.807) is 0 Å². The van der Waals surface area contributed by atoms with Crippen molar-refractivity contribution in [3.05, 3.63) is 29.3 Å². The zero-order valence-electron chi connectivity index (χ0n) is 15.9. The molecule has 4 nitrogen and oxygen atoms in total. The molecular formula is C22H32N2O2. The van der Waals surface area contributed by atoms with E-state index in [2.05, 4.69) is 28.0 Å². The minimum atomic E-state index is 0.305. The highest BCUT2D eigenvalue weighted by molar-refractivity contribution is 5.79. The molecule has 1 amide bonds. The van der Waals surface area contributed by atoms with Gasteiger partial charge in [0.2, 0.25) is 5.91 Å². The van der Waals surface area contributed by atoms with Gasteiger partial charge in [0.1, 0.15) is 5.75 Å². The Morgan fingerprint density at radius 2 is 1.88 bits per heavy atom.